The fraction of sp³-hybridized carbons (Fsp3) is 0.353. The van der Waals surface area contributed by atoms with Gasteiger partial charge in [0.2, 0.25) is 0 Å². The van der Waals surface area contributed by atoms with E-state index in [0.717, 1.165) is 22.6 Å². The van der Waals surface area contributed by atoms with Gasteiger partial charge in [0.1, 0.15) is 17.3 Å². The molecule has 0 radical (unpaired) electrons. The summed E-state index contributed by atoms with van der Waals surface area (Å²) < 4.78 is 12.6. The van der Waals surface area contributed by atoms with Crippen LogP contribution >= 0.6 is 0 Å². The standard InChI is InChI=1S/C17H19N5O3/c1-10-18-15-9-21(6-7-22(15)20-10)17(23)13-8-11-12(19-13)4-5-14(24-2)16(11)25-3/h4-5,8,19H,6-7,9H2,1-3H3. The quantitative estimate of drug-likeness (QED) is 0.784. The fourth-order valence-electron chi connectivity index (χ4n) is 3.25. The third-order valence-electron chi connectivity index (χ3n) is 4.43. The molecule has 0 unspecified atom stereocenters. The summed E-state index contributed by atoms with van der Waals surface area (Å²) in [6, 6.07) is 5.51. The van der Waals surface area contributed by atoms with Gasteiger partial charge in [-0.1, -0.05) is 0 Å². The van der Waals surface area contributed by atoms with Crippen LogP contribution in [0.1, 0.15) is 22.1 Å². The van der Waals surface area contributed by atoms with Crippen LogP contribution in [0.3, 0.4) is 0 Å². The van der Waals surface area contributed by atoms with Crippen molar-refractivity contribution in [1.82, 2.24) is 24.6 Å². The molecular formula is C17H19N5O3. The molecule has 0 saturated heterocycles. The lowest BCUT2D eigenvalue weighted by molar-refractivity contribution is 0.0697. The normalized spacial score (nSPS) is 13.8. The van der Waals surface area contributed by atoms with E-state index in [1.165, 1.54) is 0 Å². The Balaban J connectivity index is 1.67. The van der Waals surface area contributed by atoms with Gasteiger partial charge in [-0.15, -0.1) is 0 Å². The maximum atomic E-state index is 12.9. The summed E-state index contributed by atoms with van der Waals surface area (Å²) in [5.41, 5.74) is 1.35. The molecule has 0 saturated carbocycles. The highest BCUT2D eigenvalue weighted by molar-refractivity contribution is 6.00. The van der Waals surface area contributed by atoms with E-state index in [1.54, 1.807) is 19.1 Å². The second-order valence-corrected chi connectivity index (χ2v) is 5.97. The first kappa shape index (κ1) is 15.5. The molecule has 25 heavy (non-hydrogen) atoms. The minimum atomic E-state index is -0.0656. The number of nitrogens with one attached hydrogen (secondary N) is 1. The van der Waals surface area contributed by atoms with E-state index in [1.807, 2.05) is 29.8 Å². The number of ether oxygens (including phenoxy) is 2. The lowest BCUT2D eigenvalue weighted by atomic mass is 10.2. The Kier molecular flexibility index (Phi) is 3.60. The van der Waals surface area contributed by atoms with Crippen LogP contribution in [0.15, 0.2) is 18.2 Å². The molecule has 3 heterocycles. The van der Waals surface area contributed by atoms with Gasteiger partial charge in [0, 0.05) is 11.9 Å². The van der Waals surface area contributed by atoms with Crippen molar-refractivity contribution in [3.63, 3.8) is 0 Å². The highest BCUT2D eigenvalue weighted by Crippen LogP contribution is 2.35. The van der Waals surface area contributed by atoms with Gasteiger partial charge < -0.3 is 19.4 Å². The lowest BCUT2D eigenvalue weighted by Gasteiger charge is -2.26. The average molecular weight is 341 g/mol. The van der Waals surface area contributed by atoms with E-state index in [4.69, 9.17) is 9.47 Å². The van der Waals surface area contributed by atoms with Crippen LogP contribution in [-0.2, 0) is 13.1 Å². The molecule has 1 N–H and O–H groups in total. The molecular weight excluding hydrogens is 322 g/mol. The molecule has 0 bridgehead atoms. The second-order valence-electron chi connectivity index (χ2n) is 5.97. The molecule has 1 aromatic carbocycles. The van der Waals surface area contributed by atoms with Crippen LogP contribution in [0.4, 0.5) is 0 Å². The number of methoxy groups -OCH3 is 2. The topological polar surface area (TPSA) is 85.3 Å². The number of carbonyl (C=O) groups is 1. The predicted octanol–water partition coefficient (Wildman–Crippen LogP) is 1.74. The van der Waals surface area contributed by atoms with Crippen molar-refractivity contribution in [2.24, 2.45) is 0 Å². The van der Waals surface area contributed by atoms with Gasteiger partial charge in [0.15, 0.2) is 11.5 Å². The zero-order valence-electron chi connectivity index (χ0n) is 14.4. The van der Waals surface area contributed by atoms with Crippen molar-refractivity contribution in [2.45, 2.75) is 20.0 Å². The van der Waals surface area contributed by atoms with E-state index in [2.05, 4.69) is 15.1 Å². The Bertz CT molecular complexity index is 959. The van der Waals surface area contributed by atoms with Crippen LogP contribution in [0, 0.1) is 6.92 Å². The number of fused-ring (bicyclic) bond motifs is 2. The summed E-state index contributed by atoms with van der Waals surface area (Å²) in [6.45, 7) is 3.56. The number of amides is 1. The molecule has 130 valence electrons. The van der Waals surface area contributed by atoms with Gasteiger partial charge in [0.25, 0.3) is 5.91 Å². The first-order valence-corrected chi connectivity index (χ1v) is 8.04. The maximum absolute atomic E-state index is 12.9. The summed E-state index contributed by atoms with van der Waals surface area (Å²) in [6.07, 6.45) is 0. The first-order chi connectivity index (χ1) is 12.1. The highest BCUT2D eigenvalue weighted by Gasteiger charge is 2.25. The number of aromatic amines is 1. The molecule has 0 spiro atoms. The number of rotatable bonds is 3. The number of aryl methyl sites for hydroxylation is 1. The van der Waals surface area contributed by atoms with Gasteiger partial charge >= 0.3 is 0 Å². The van der Waals surface area contributed by atoms with Gasteiger partial charge in [-0.3, -0.25) is 4.79 Å². The van der Waals surface area contributed by atoms with Crippen LogP contribution in [-0.4, -0.2) is 51.3 Å². The predicted molar refractivity (Wildman–Crippen MR) is 90.9 cm³/mol. The van der Waals surface area contributed by atoms with E-state index in [0.29, 0.717) is 36.8 Å². The van der Waals surface area contributed by atoms with E-state index < -0.39 is 0 Å². The third kappa shape index (κ3) is 2.50. The second kappa shape index (κ2) is 5.80. The molecule has 0 atom stereocenters. The van der Waals surface area contributed by atoms with Crippen LogP contribution in [0.5, 0.6) is 11.5 Å². The van der Waals surface area contributed by atoms with Crippen LogP contribution in [0.2, 0.25) is 0 Å². The molecule has 0 aliphatic carbocycles. The third-order valence-corrected chi connectivity index (χ3v) is 4.43. The van der Waals surface area contributed by atoms with Gasteiger partial charge in [0.05, 0.1) is 32.8 Å². The SMILES string of the molecule is COc1ccc2[nH]c(C(=O)N3CCn4nc(C)nc4C3)cc2c1OC. The van der Waals surface area contributed by atoms with Gasteiger partial charge in [-0.2, -0.15) is 5.10 Å². The van der Waals surface area contributed by atoms with Crippen molar-refractivity contribution >= 4 is 16.8 Å². The minimum Gasteiger partial charge on any atom is -0.493 e. The van der Waals surface area contributed by atoms with Crippen molar-refractivity contribution in [3.8, 4) is 11.5 Å². The van der Waals surface area contributed by atoms with E-state index >= 15 is 0 Å². The smallest absolute Gasteiger partial charge is 0.270 e. The summed E-state index contributed by atoms with van der Waals surface area (Å²) in [5.74, 6) is 2.72. The van der Waals surface area contributed by atoms with Crippen molar-refractivity contribution in [1.29, 1.82) is 0 Å². The van der Waals surface area contributed by atoms with E-state index in [-0.39, 0.29) is 5.91 Å². The van der Waals surface area contributed by atoms with Crippen LogP contribution in [0.25, 0.3) is 10.9 Å². The molecule has 3 aromatic rings. The summed E-state index contributed by atoms with van der Waals surface area (Å²) in [4.78, 5) is 22.2. The molecule has 1 aliphatic heterocycles. The zero-order chi connectivity index (χ0) is 17.6. The molecule has 4 rings (SSSR count). The number of benzene rings is 1. The summed E-state index contributed by atoms with van der Waals surface area (Å²) in [7, 11) is 3.18. The molecule has 2 aromatic heterocycles. The van der Waals surface area contributed by atoms with Crippen molar-refractivity contribution in [3.05, 3.63) is 35.5 Å². The zero-order valence-corrected chi connectivity index (χ0v) is 14.4. The maximum Gasteiger partial charge on any atom is 0.270 e. The summed E-state index contributed by atoms with van der Waals surface area (Å²) >= 11 is 0. The number of nitrogens with zero attached hydrogens (tertiary/aromatic N) is 4. The Morgan fingerprint density at radius 3 is 2.84 bits per heavy atom. The largest absolute Gasteiger partial charge is 0.493 e. The van der Waals surface area contributed by atoms with E-state index in [9.17, 15) is 4.79 Å². The molecule has 1 amide bonds. The summed E-state index contributed by atoms with van der Waals surface area (Å²) in [5, 5.41) is 5.14. The van der Waals surface area contributed by atoms with Crippen LogP contribution < -0.4 is 9.47 Å². The van der Waals surface area contributed by atoms with Crippen molar-refractivity contribution < 1.29 is 14.3 Å². The Labute approximate surface area is 144 Å². The Morgan fingerprint density at radius 2 is 2.08 bits per heavy atom. The van der Waals surface area contributed by atoms with Crippen molar-refractivity contribution in [2.75, 3.05) is 20.8 Å². The monoisotopic (exact) mass is 341 g/mol. The Hall–Kier alpha value is -3.03. The number of carbonyl (C=O) groups excluding carboxylic acids is 1. The highest BCUT2D eigenvalue weighted by atomic mass is 16.5. The molecule has 8 heteroatoms. The number of H-pyrrole nitrogens is 1. The van der Waals surface area contributed by atoms with Gasteiger partial charge in [-0.05, 0) is 25.1 Å². The first-order valence-electron chi connectivity index (χ1n) is 8.04. The lowest BCUT2D eigenvalue weighted by Crippen LogP contribution is -2.38. The molecule has 1 aliphatic rings. The Morgan fingerprint density at radius 1 is 1.24 bits per heavy atom. The number of hydrogen-bond acceptors (Lipinski definition) is 5. The molecule has 8 nitrogen and oxygen atoms in total. The fourth-order valence-corrected chi connectivity index (χ4v) is 3.25. The van der Waals surface area contributed by atoms with Gasteiger partial charge in [-0.25, -0.2) is 9.67 Å². The number of aromatic nitrogens is 4. The minimum absolute atomic E-state index is 0.0656. The number of hydrogen-bond donors (Lipinski definition) is 1. The molecule has 0 fully saturated rings. The average Bonchev–Trinajstić information content (AvgIpc) is 3.21.